The standard InChI is InChI=1S/C25H27FN2/c26-24-10-4-8-21(17-24)16-22-11-12-25(27-18-22)23-9-5-14-28(19-23)15-13-20-6-2-1-3-7-20/h1-4,6-8,10-12,17-18,23H,5,9,13-16,19H2. The van der Waals surface area contributed by atoms with Crippen LogP contribution in [0.25, 0.3) is 0 Å². The molecule has 2 aromatic carbocycles. The average molecular weight is 375 g/mol. The topological polar surface area (TPSA) is 16.1 Å². The number of pyridine rings is 1. The lowest BCUT2D eigenvalue weighted by Crippen LogP contribution is -2.36. The molecular formula is C25H27FN2. The van der Waals surface area contributed by atoms with Crippen LogP contribution in [-0.4, -0.2) is 29.5 Å². The van der Waals surface area contributed by atoms with Crippen molar-refractivity contribution in [1.82, 2.24) is 9.88 Å². The number of piperidine rings is 1. The zero-order chi connectivity index (χ0) is 19.2. The Labute approximate surface area is 167 Å². The quantitative estimate of drug-likeness (QED) is 0.587. The van der Waals surface area contributed by atoms with Crippen LogP contribution in [0.5, 0.6) is 0 Å². The van der Waals surface area contributed by atoms with Gasteiger partial charge in [0.05, 0.1) is 0 Å². The Morgan fingerprint density at radius 1 is 0.929 bits per heavy atom. The van der Waals surface area contributed by atoms with E-state index in [1.54, 1.807) is 12.1 Å². The first kappa shape index (κ1) is 18.8. The molecule has 1 fully saturated rings. The summed E-state index contributed by atoms with van der Waals surface area (Å²) in [7, 11) is 0. The van der Waals surface area contributed by atoms with E-state index in [4.69, 9.17) is 4.98 Å². The van der Waals surface area contributed by atoms with Gasteiger partial charge < -0.3 is 4.90 Å². The lowest BCUT2D eigenvalue weighted by atomic mass is 9.93. The van der Waals surface area contributed by atoms with Crippen molar-refractivity contribution in [2.24, 2.45) is 0 Å². The molecule has 4 rings (SSSR count). The lowest BCUT2D eigenvalue weighted by molar-refractivity contribution is 0.208. The number of likely N-dealkylation sites (tertiary alicyclic amines) is 1. The molecule has 0 spiro atoms. The molecular weight excluding hydrogens is 347 g/mol. The third-order valence-electron chi connectivity index (χ3n) is 5.63. The van der Waals surface area contributed by atoms with E-state index in [0.717, 1.165) is 37.1 Å². The van der Waals surface area contributed by atoms with Crippen LogP contribution in [-0.2, 0) is 12.8 Å². The molecule has 28 heavy (non-hydrogen) atoms. The Morgan fingerprint density at radius 2 is 1.79 bits per heavy atom. The number of nitrogens with zero attached hydrogens (tertiary/aromatic N) is 2. The SMILES string of the molecule is Fc1cccc(Cc2ccc(C3CCCN(CCc4ccccc4)C3)nc2)c1. The van der Waals surface area contributed by atoms with Gasteiger partial charge in [0.1, 0.15) is 5.82 Å². The molecule has 0 saturated carbocycles. The molecule has 1 aromatic heterocycles. The number of halogens is 1. The molecule has 0 amide bonds. The maximum Gasteiger partial charge on any atom is 0.123 e. The highest BCUT2D eigenvalue weighted by atomic mass is 19.1. The second-order valence-electron chi connectivity index (χ2n) is 7.77. The number of aromatic nitrogens is 1. The smallest absolute Gasteiger partial charge is 0.123 e. The fraction of sp³-hybridized carbons (Fsp3) is 0.320. The van der Waals surface area contributed by atoms with Crippen LogP contribution in [0.1, 0.15) is 41.1 Å². The van der Waals surface area contributed by atoms with Gasteiger partial charge in [-0.2, -0.15) is 0 Å². The highest BCUT2D eigenvalue weighted by Gasteiger charge is 2.22. The fourth-order valence-electron chi connectivity index (χ4n) is 4.10. The molecule has 3 aromatic rings. The van der Waals surface area contributed by atoms with E-state index in [1.807, 2.05) is 12.3 Å². The Bertz CT molecular complexity index is 877. The molecule has 2 nitrogen and oxygen atoms in total. The summed E-state index contributed by atoms with van der Waals surface area (Å²) in [6, 6.07) is 21.8. The summed E-state index contributed by atoms with van der Waals surface area (Å²) in [5.74, 6) is 0.327. The fourth-order valence-corrected chi connectivity index (χ4v) is 4.10. The van der Waals surface area contributed by atoms with Crippen LogP contribution in [0, 0.1) is 5.82 Å². The summed E-state index contributed by atoms with van der Waals surface area (Å²) in [6.07, 6.45) is 6.22. The summed E-state index contributed by atoms with van der Waals surface area (Å²) in [4.78, 5) is 7.33. The van der Waals surface area contributed by atoms with Gasteiger partial charge >= 0.3 is 0 Å². The van der Waals surface area contributed by atoms with Gasteiger partial charge in [0, 0.05) is 30.9 Å². The van der Waals surface area contributed by atoms with Crippen molar-refractivity contribution in [2.75, 3.05) is 19.6 Å². The minimum atomic E-state index is -0.181. The van der Waals surface area contributed by atoms with E-state index >= 15 is 0 Å². The summed E-state index contributed by atoms with van der Waals surface area (Å²) >= 11 is 0. The van der Waals surface area contributed by atoms with Gasteiger partial charge in [-0.3, -0.25) is 4.98 Å². The monoisotopic (exact) mass is 374 g/mol. The summed E-state index contributed by atoms with van der Waals surface area (Å²) in [6.45, 7) is 3.38. The molecule has 1 unspecified atom stereocenters. The second kappa shape index (κ2) is 9.11. The van der Waals surface area contributed by atoms with E-state index < -0.39 is 0 Å². The first-order chi connectivity index (χ1) is 13.8. The van der Waals surface area contributed by atoms with E-state index in [0.29, 0.717) is 5.92 Å². The molecule has 0 aliphatic carbocycles. The molecule has 1 aliphatic heterocycles. The first-order valence-corrected chi connectivity index (χ1v) is 10.2. The molecule has 144 valence electrons. The summed E-state index contributed by atoms with van der Waals surface area (Å²) in [5, 5.41) is 0. The van der Waals surface area contributed by atoms with Crippen LogP contribution >= 0.6 is 0 Å². The van der Waals surface area contributed by atoms with E-state index in [9.17, 15) is 4.39 Å². The Kier molecular flexibility index (Phi) is 6.13. The van der Waals surface area contributed by atoms with Gasteiger partial charge in [0.25, 0.3) is 0 Å². The van der Waals surface area contributed by atoms with Gasteiger partial charge in [0.15, 0.2) is 0 Å². The molecule has 3 heteroatoms. The molecule has 0 radical (unpaired) electrons. The molecule has 1 aliphatic rings. The molecule has 1 saturated heterocycles. The zero-order valence-electron chi connectivity index (χ0n) is 16.2. The van der Waals surface area contributed by atoms with Crippen molar-refractivity contribution in [1.29, 1.82) is 0 Å². The van der Waals surface area contributed by atoms with Gasteiger partial charge in [-0.1, -0.05) is 48.5 Å². The van der Waals surface area contributed by atoms with Crippen molar-refractivity contribution in [3.05, 3.63) is 101 Å². The number of rotatable bonds is 6. The predicted molar refractivity (Wildman–Crippen MR) is 112 cm³/mol. The van der Waals surface area contributed by atoms with Gasteiger partial charge in [-0.25, -0.2) is 4.39 Å². The normalized spacial score (nSPS) is 17.5. The maximum absolute atomic E-state index is 13.4. The Morgan fingerprint density at radius 3 is 2.57 bits per heavy atom. The van der Waals surface area contributed by atoms with E-state index in [1.165, 1.54) is 36.7 Å². The number of hydrogen-bond acceptors (Lipinski definition) is 2. The Hall–Kier alpha value is -2.52. The van der Waals surface area contributed by atoms with Crippen LogP contribution in [0.2, 0.25) is 0 Å². The maximum atomic E-state index is 13.4. The number of benzene rings is 2. The molecule has 0 bridgehead atoms. The van der Waals surface area contributed by atoms with Crippen LogP contribution in [0.4, 0.5) is 4.39 Å². The van der Waals surface area contributed by atoms with Crippen LogP contribution in [0.3, 0.4) is 0 Å². The average Bonchev–Trinajstić information content (AvgIpc) is 2.74. The highest BCUT2D eigenvalue weighted by molar-refractivity contribution is 5.26. The summed E-state index contributed by atoms with van der Waals surface area (Å²) in [5.41, 5.74) is 4.71. The van der Waals surface area contributed by atoms with Crippen LogP contribution < -0.4 is 0 Å². The third-order valence-corrected chi connectivity index (χ3v) is 5.63. The van der Waals surface area contributed by atoms with Gasteiger partial charge in [0.2, 0.25) is 0 Å². The predicted octanol–water partition coefficient (Wildman–Crippen LogP) is 5.23. The van der Waals surface area contributed by atoms with E-state index in [2.05, 4.69) is 47.4 Å². The first-order valence-electron chi connectivity index (χ1n) is 10.2. The van der Waals surface area contributed by atoms with Crippen molar-refractivity contribution in [2.45, 2.75) is 31.6 Å². The lowest BCUT2D eigenvalue weighted by Gasteiger charge is -2.32. The largest absolute Gasteiger partial charge is 0.302 e. The molecule has 2 heterocycles. The molecule has 1 atom stereocenters. The minimum absolute atomic E-state index is 0.181. The van der Waals surface area contributed by atoms with Gasteiger partial charge in [-0.15, -0.1) is 0 Å². The van der Waals surface area contributed by atoms with Crippen molar-refractivity contribution < 1.29 is 4.39 Å². The summed E-state index contributed by atoms with van der Waals surface area (Å²) < 4.78 is 13.4. The van der Waals surface area contributed by atoms with Crippen molar-refractivity contribution >= 4 is 0 Å². The van der Waals surface area contributed by atoms with Crippen molar-refractivity contribution in [3.63, 3.8) is 0 Å². The van der Waals surface area contributed by atoms with Crippen LogP contribution in [0.15, 0.2) is 72.9 Å². The van der Waals surface area contributed by atoms with E-state index in [-0.39, 0.29) is 5.82 Å². The third kappa shape index (κ3) is 5.05. The minimum Gasteiger partial charge on any atom is -0.302 e. The second-order valence-corrected chi connectivity index (χ2v) is 7.77. The Balaban J connectivity index is 1.34. The zero-order valence-corrected chi connectivity index (χ0v) is 16.2. The van der Waals surface area contributed by atoms with Crippen molar-refractivity contribution in [3.8, 4) is 0 Å². The van der Waals surface area contributed by atoms with Gasteiger partial charge in [-0.05, 0) is 67.1 Å². The highest BCUT2D eigenvalue weighted by Crippen LogP contribution is 2.26. The number of hydrogen-bond donors (Lipinski definition) is 0. The molecule has 0 N–H and O–H groups in total.